The molecule has 1 aliphatic heterocycles. The van der Waals surface area contributed by atoms with Crippen LogP contribution in [-0.4, -0.2) is 46.6 Å². The minimum Gasteiger partial charge on any atom is -0.367 e. The van der Waals surface area contributed by atoms with Crippen LogP contribution in [0.1, 0.15) is 18.5 Å². The normalized spacial score (nSPS) is 15.6. The quantitative estimate of drug-likeness (QED) is 0.678. The van der Waals surface area contributed by atoms with Gasteiger partial charge in [0.25, 0.3) is 0 Å². The van der Waals surface area contributed by atoms with Gasteiger partial charge in [0.15, 0.2) is 0 Å². The Labute approximate surface area is 175 Å². The van der Waals surface area contributed by atoms with Crippen LogP contribution in [-0.2, 0) is 17.1 Å². The number of hydrogen-bond acceptors (Lipinski definition) is 6. The van der Waals surface area contributed by atoms with Crippen molar-refractivity contribution in [1.29, 1.82) is 5.26 Å². The summed E-state index contributed by atoms with van der Waals surface area (Å²) in [5, 5.41) is 16.4. The molecule has 0 bridgehead atoms. The molecule has 1 fully saturated rings. The molecule has 3 heterocycles. The van der Waals surface area contributed by atoms with Crippen LogP contribution in [0, 0.1) is 11.3 Å². The number of anilines is 1. The maximum absolute atomic E-state index is 13.0. The summed E-state index contributed by atoms with van der Waals surface area (Å²) in [4.78, 5) is 4.52. The summed E-state index contributed by atoms with van der Waals surface area (Å²) < 4.78 is 29.3. The van der Waals surface area contributed by atoms with Crippen molar-refractivity contribution in [3.05, 3.63) is 60.6 Å². The number of pyridine rings is 1. The van der Waals surface area contributed by atoms with Crippen molar-refractivity contribution in [2.75, 3.05) is 18.4 Å². The Bertz CT molecular complexity index is 1170. The van der Waals surface area contributed by atoms with Gasteiger partial charge in [-0.3, -0.25) is 4.68 Å². The van der Waals surface area contributed by atoms with Crippen LogP contribution in [0.15, 0.2) is 59.8 Å². The second-order valence-corrected chi connectivity index (χ2v) is 9.21. The molecule has 0 saturated carbocycles. The molecule has 1 saturated heterocycles. The van der Waals surface area contributed by atoms with Crippen LogP contribution in [0.4, 0.5) is 5.82 Å². The van der Waals surface area contributed by atoms with E-state index in [1.165, 1.54) is 4.31 Å². The van der Waals surface area contributed by atoms with Crippen LogP contribution >= 0.6 is 0 Å². The van der Waals surface area contributed by atoms with Crippen LogP contribution in [0.5, 0.6) is 0 Å². The number of aromatic nitrogens is 3. The first-order valence-corrected chi connectivity index (χ1v) is 11.1. The number of aryl methyl sites for hydroxylation is 1. The van der Waals surface area contributed by atoms with Crippen LogP contribution in [0.2, 0.25) is 0 Å². The van der Waals surface area contributed by atoms with Crippen molar-refractivity contribution in [2.45, 2.75) is 23.8 Å². The average molecular weight is 423 g/mol. The van der Waals surface area contributed by atoms with Crippen LogP contribution in [0.3, 0.4) is 0 Å². The fraction of sp³-hybridized carbons (Fsp3) is 0.286. The molecule has 0 unspecified atom stereocenters. The summed E-state index contributed by atoms with van der Waals surface area (Å²) >= 11 is 0. The molecule has 0 atom stereocenters. The monoisotopic (exact) mass is 422 g/mol. The molecule has 2 aromatic heterocycles. The van der Waals surface area contributed by atoms with Gasteiger partial charge in [0.1, 0.15) is 17.6 Å². The zero-order chi connectivity index (χ0) is 21.1. The van der Waals surface area contributed by atoms with Gasteiger partial charge >= 0.3 is 0 Å². The molecule has 0 amide bonds. The van der Waals surface area contributed by atoms with Gasteiger partial charge in [0.2, 0.25) is 10.0 Å². The first kappa shape index (κ1) is 20.1. The lowest BCUT2D eigenvalue weighted by Gasteiger charge is -2.31. The number of hydrogen-bond donors (Lipinski definition) is 1. The second kappa shape index (κ2) is 8.26. The first-order valence-electron chi connectivity index (χ1n) is 9.68. The fourth-order valence-corrected chi connectivity index (χ4v) is 5.04. The van der Waals surface area contributed by atoms with Crippen LogP contribution in [0.25, 0.3) is 11.1 Å². The van der Waals surface area contributed by atoms with E-state index >= 15 is 0 Å². The molecule has 4 rings (SSSR count). The van der Waals surface area contributed by atoms with E-state index in [2.05, 4.69) is 15.4 Å². The Morgan fingerprint density at radius 3 is 2.47 bits per heavy atom. The standard InChI is InChI=1S/C21H22N6O2S/c1-26-15-17(14-23-26)16-5-7-20(8-6-16)30(28,29)27-11-9-18(10-12-27)24-21-4-2-3-19(13-22)25-21/h2-8,14-15,18H,9-12H2,1H3,(H,24,25). The molecular weight excluding hydrogens is 400 g/mol. The fourth-order valence-electron chi connectivity index (χ4n) is 3.57. The Morgan fingerprint density at radius 2 is 1.83 bits per heavy atom. The summed E-state index contributed by atoms with van der Waals surface area (Å²) in [6.45, 7) is 0.866. The maximum atomic E-state index is 13.0. The lowest BCUT2D eigenvalue weighted by molar-refractivity contribution is 0.329. The first-order chi connectivity index (χ1) is 14.5. The summed E-state index contributed by atoms with van der Waals surface area (Å²) in [7, 11) is -1.69. The van der Waals surface area contributed by atoms with Crippen molar-refractivity contribution in [3.63, 3.8) is 0 Å². The molecule has 154 valence electrons. The van der Waals surface area contributed by atoms with E-state index < -0.39 is 10.0 Å². The van der Waals surface area contributed by atoms with E-state index in [1.54, 1.807) is 35.1 Å². The molecule has 30 heavy (non-hydrogen) atoms. The molecule has 0 aliphatic carbocycles. The molecule has 0 spiro atoms. The predicted molar refractivity (Wildman–Crippen MR) is 113 cm³/mol. The van der Waals surface area contributed by atoms with Gasteiger partial charge in [-0.2, -0.15) is 14.7 Å². The third-order valence-electron chi connectivity index (χ3n) is 5.20. The molecule has 3 aromatic rings. The lowest BCUT2D eigenvalue weighted by Crippen LogP contribution is -2.42. The highest BCUT2D eigenvalue weighted by Gasteiger charge is 2.29. The molecular formula is C21H22N6O2S. The number of sulfonamides is 1. The lowest BCUT2D eigenvalue weighted by atomic mass is 10.1. The Morgan fingerprint density at radius 1 is 1.10 bits per heavy atom. The van der Waals surface area contributed by atoms with E-state index in [1.807, 2.05) is 37.5 Å². The summed E-state index contributed by atoms with van der Waals surface area (Å²) in [5.41, 5.74) is 2.23. The van der Waals surface area contributed by atoms with Gasteiger partial charge in [-0.15, -0.1) is 0 Å². The third-order valence-corrected chi connectivity index (χ3v) is 7.11. The van der Waals surface area contributed by atoms with Crippen LogP contribution < -0.4 is 5.32 Å². The van der Waals surface area contributed by atoms with E-state index in [4.69, 9.17) is 5.26 Å². The largest absolute Gasteiger partial charge is 0.367 e. The number of nitriles is 1. The number of benzene rings is 1. The minimum absolute atomic E-state index is 0.117. The van der Waals surface area contributed by atoms with Gasteiger partial charge in [-0.25, -0.2) is 13.4 Å². The third kappa shape index (κ3) is 4.20. The predicted octanol–water partition coefficient (Wildman–Crippen LogP) is 2.62. The Kier molecular flexibility index (Phi) is 5.53. The van der Waals surface area contributed by atoms with Gasteiger partial charge in [-0.1, -0.05) is 18.2 Å². The highest BCUT2D eigenvalue weighted by Crippen LogP contribution is 2.25. The second-order valence-electron chi connectivity index (χ2n) is 7.27. The summed E-state index contributed by atoms with van der Waals surface area (Å²) in [6.07, 6.45) is 4.99. The van der Waals surface area contributed by atoms with Gasteiger partial charge in [0.05, 0.1) is 11.1 Å². The van der Waals surface area contributed by atoms with E-state index in [0.717, 1.165) is 11.1 Å². The van der Waals surface area contributed by atoms with E-state index in [0.29, 0.717) is 42.3 Å². The van der Waals surface area contributed by atoms with E-state index in [-0.39, 0.29) is 6.04 Å². The van der Waals surface area contributed by atoms with Crippen molar-refractivity contribution in [1.82, 2.24) is 19.1 Å². The zero-order valence-corrected chi connectivity index (χ0v) is 17.4. The molecule has 8 nitrogen and oxygen atoms in total. The van der Waals surface area contributed by atoms with Crippen molar-refractivity contribution in [3.8, 4) is 17.2 Å². The van der Waals surface area contributed by atoms with Gasteiger partial charge in [-0.05, 0) is 42.7 Å². The average Bonchev–Trinajstić information content (AvgIpc) is 3.21. The van der Waals surface area contributed by atoms with Gasteiger partial charge in [0, 0.05) is 37.9 Å². The number of piperidine rings is 1. The number of nitrogens with one attached hydrogen (secondary N) is 1. The Hall–Kier alpha value is -3.22. The SMILES string of the molecule is Cn1cc(-c2ccc(S(=O)(=O)N3CCC(Nc4cccc(C#N)n4)CC3)cc2)cn1. The number of nitrogens with zero attached hydrogens (tertiary/aromatic N) is 5. The minimum atomic E-state index is -3.54. The van der Waals surface area contributed by atoms with Crippen molar-refractivity contribution >= 4 is 15.8 Å². The van der Waals surface area contributed by atoms with Gasteiger partial charge < -0.3 is 5.32 Å². The zero-order valence-electron chi connectivity index (χ0n) is 16.6. The highest BCUT2D eigenvalue weighted by molar-refractivity contribution is 7.89. The number of rotatable bonds is 5. The molecule has 1 aromatic carbocycles. The smallest absolute Gasteiger partial charge is 0.243 e. The topological polar surface area (TPSA) is 104 Å². The van der Waals surface area contributed by atoms with Crippen molar-refractivity contribution < 1.29 is 8.42 Å². The summed E-state index contributed by atoms with van der Waals surface area (Å²) in [6, 6.07) is 14.3. The molecule has 1 aliphatic rings. The molecule has 0 radical (unpaired) electrons. The molecule has 1 N–H and O–H groups in total. The Balaban J connectivity index is 1.40. The maximum Gasteiger partial charge on any atom is 0.243 e. The highest BCUT2D eigenvalue weighted by atomic mass is 32.2. The van der Waals surface area contributed by atoms with E-state index in [9.17, 15) is 8.42 Å². The molecule has 9 heteroatoms. The van der Waals surface area contributed by atoms with Crippen molar-refractivity contribution in [2.24, 2.45) is 7.05 Å². The summed E-state index contributed by atoms with van der Waals surface area (Å²) in [5.74, 6) is 0.640.